The Hall–Kier alpha value is -7.04. The quantitative estimate of drug-likeness (QED) is 0.0408. The molecule has 25 nitrogen and oxygen atoms in total. The van der Waals surface area contributed by atoms with Crippen LogP contribution in [0.3, 0.4) is 0 Å². The molecule has 3 fully saturated rings. The van der Waals surface area contributed by atoms with E-state index in [4.69, 9.17) is 18.9 Å². The molecule has 8 atom stereocenters. The number of ether oxygens (including phenoxy) is 4. The second-order valence-electron chi connectivity index (χ2n) is 20.9. The van der Waals surface area contributed by atoms with E-state index in [-0.39, 0.29) is 89.4 Å². The fourth-order valence-corrected chi connectivity index (χ4v) is 12.0. The topological polar surface area (TPSA) is 358 Å². The standard InChI is InChI=1S/C46H52N6O14S.C11H21NO4/c1-4-5-7-23(2)67-30-16-35(58)52(44(30)63)15-14-31(54)47-20-32(55)48-21-33(56)49-22-34(57)51-25-12-10-24(11-13-25)19-50-45(64)46(65)17-27-36(28(53)18-46)42(61)39-38(41(27)60)40(59)26-8-6-9-29(66-3)37(26)43(39)62;1-8-11(13)9(3-5-15-8)12-4-6-16-10(7-12)14-2/h6,8-13,23,28,30,53,60-61,65H,4-5,7,14-22H2,1-3H3,(H,47,54)(H,48,55)(H,49,56)(H,50,64)(H,51,57);8-11,13H,3-7H2,1-2H3/t;8?,9-,10-,11?/m.0/s1. The van der Waals surface area contributed by atoms with E-state index in [2.05, 4.69) is 38.4 Å². The van der Waals surface area contributed by atoms with Crippen molar-refractivity contribution in [2.75, 3.05) is 72.0 Å². The summed E-state index contributed by atoms with van der Waals surface area (Å²) in [6.07, 6.45) is 0.131. The number of unbranched alkanes of at least 4 members (excludes halogenated alkanes) is 1. The number of likely N-dealkylation sites (tertiary alicyclic amines) is 1. The predicted octanol–water partition coefficient (Wildman–Crippen LogP) is 0.855. The summed E-state index contributed by atoms with van der Waals surface area (Å²) in [5.74, 6) is -7.23. The number of nitrogens with zero attached hydrogens (tertiary/aromatic N) is 2. The van der Waals surface area contributed by atoms with Gasteiger partial charge in [0.2, 0.25) is 41.2 Å². The number of methoxy groups -OCH3 is 2. The number of nitrogens with one attached hydrogen (secondary N) is 5. The summed E-state index contributed by atoms with van der Waals surface area (Å²) < 4.78 is 21.3. The Bertz CT molecular complexity index is 2940. The SMILES string of the molecule is CCCCC(C)SC1CC(=O)N(CCC(=O)NCC(=O)NCC(=O)NCC(=O)Nc2ccc(CNC(=O)C3(O)Cc4c(O)c5c(c(O)c4C(O)C3)C(=O)c3c(OC)cccc3C5=O)cc2)C1=O.CO[C@@H]1CN([C@H]2CCOC(C)C2O)CCO1. The van der Waals surface area contributed by atoms with Crippen LogP contribution in [-0.2, 0) is 60.7 Å². The van der Waals surface area contributed by atoms with Crippen LogP contribution in [0.4, 0.5) is 5.69 Å². The minimum absolute atomic E-state index is 0.0669. The number of fused-ring (bicyclic) bond motifs is 3. The van der Waals surface area contributed by atoms with Gasteiger partial charge in [0.25, 0.3) is 5.91 Å². The lowest BCUT2D eigenvalue weighted by molar-refractivity contribution is -0.190. The number of thioether (sulfide) groups is 1. The van der Waals surface area contributed by atoms with Gasteiger partial charge in [-0.05, 0) is 43.5 Å². The van der Waals surface area contributed by atoms with Crippen molar-refractivity contribution in [2.24, 2.45) is 0 Å². The number of carbonyl (C=O) groups excluding carboxylic acids is 9. The second kappa shape index (κ2) is 28.5. The maximum Gasteiger partial charge on any atom is 0.252 e. The molecule has 0 radical (unpaired) electrons. The van der Waals surface area contributed by atoms with Crippen LogP contribution in [0.2, 0.25) is 0 Å². The Balaban J connectivity index is 0.000000529. The zero-order chi connectivity index (χ0) is 60.3. The van der Waals surface area contributed by atoms with Crippen LogP contribution >= 0.6 is 11.8 Å². The molecule has 3 saturated heterocycles. The summed E-state index contributed by atoms with van der Waals surface area (Å²) in [6.45, 7) is 7.34. The van der Waals surface area contributed by atoms with Crippen LogP contribution in [0.1, 0.15) is 120 Å². The van der Waals surface area contributed by atoms with E-state index in [1.807, 2.05) is 13.8 Å². The van der Waals surface area contributed by atoms with Crippen molar-refractivity contribution in [1.82, 2.24) is 31.1 Å². The first-order valence-electron chi connectivity index (χ1n) is 27.5. The van der Waals surface area contributed by atoms with Gasteiger partial charge >= 0.3 is 0 Å². The number of ketones is 2. The Morgan fingerprint density at radius 3 is 2.19 bits per heavy atom. The summed E-state index contributed by atoms with van der Waals surface area (Å²) >= 11 is 1.47. The highest BCUT2D eigenvalue weighted by atomic mass is 32.2. The lowest BCUT2D eigenvalue weighted by atomic mass is 9.72. The number of aliphatic hydroxyl groups excluding tert-OH is 2. The molecule has 3 aromatic rings. The third-order valence-electron chi connectivity index (χ3n) is 15.1. The fourth-order valence-electron chi connectivity index (χ4n) is 10.6. The van der Waals surface area contributed by atoms with E-state index in [9.17, 15) is 68.7 Å². The lowest BCUT2D eigenvalue weighted by Crippen LogP contribution is -2.57. The van der Waals surface area contributed by atoms with Crippen LogP contribution in [0, 0.1) is 0 Å². The van der Waals surface area contributed by atoms with Gasteiger partial charge < -0.3 is 71.1 Å². The Labute approximate surface area is 483 Å². The summed E-state index contributed by atoms with van der Waals surface area (Å²) in [4.78, 5) is 118. The first kappa shape index (κ1) is 63.5. The van der Waals surface area contributed by atoms with Crippen molar-refractivity contribution in [3.63, 3.8) is 0 Å². The average Bonchev–Trinajstić information content (AvgIpc) is 1.73. The maximum absolute atomic E-state index is 13.6. The number of hydrogen-bond acceptors (Lipinski definition) is 20. The highest BCUT2D eigenvalue weighted by Gasteiger charge is 2.49. The highest BCUT2D eigenvalue weighted by Crippen LogP contribution is 2.51. The summed E-state index contributed by atoms with van der Waals surface area (Å²) in [5, 5.41) is 67.2. The lowest BCUT2D eigenvalue weighted by Gasteiger charge is -2.43. The minimum Gasteiger partial charge on any atom is -0.507 e. The fraction of sp³-hybridized carbons (Fsp3) is 0.526. The maximum atomic E-state index is 13.6. The normalized spacial score (nSPS) is 23.3. The Morgan fingerprint density at radius 2 is 1.52 bits per heavy atom. The third kappa shape index (κ3) is 15.2. The van der Waals surface area contributed by atoms with Crippen LogP contribution in [0.5, 0.6) is 17.2 Å². The number of phenolic OH excluding ortho intramolecular Hbond substituents is 2. The number of aliphatic hydroxyl groups is 3. The van der Waals surface area contributed by atoms with Crippen molar-refractivity contribution in [3.8, 4) is 17.2 Å². The smallest absolute Gasteiger partial charge is 0.252 e. The van der Waals surface area contributed by atoms with E-state index in [1.165, 1.54) is 49.2 Å². The highest BCUT2D eigenvalue weighted by molar-refractivity contribution is 8.01. The minimum atomic E-state index is -2.32. The average molecular weight is 1180 g/mol. The molecule has 5 aliphatic rings. The second-order valence-corrected chi connectivity index (χ2v) is 22.6. The number of morpholine rings is 1. The van der Waals surface area contributed by atoms with Crippen LogP contribution < -0.4 is 31.3 Å². The number of carbonyl (C=O) groups is 9. The van der Waals surface area contributed by atoms with E-state index in [1.54, 1.807) is 19.2 Å². The molecule has 0 bridgehead atoms. The molecule has 7 amide bonds. The van der Waals surface area contributed by atoms with Gasteiger partial charge in [0.05, 0.1) is 73.6 Å². The van der Waals surface area contributed by atoms with Crippen molar-refractivity contribution < 1.29 is 87.6 Å². The van der Waals surface area contributed by atoms with Crippen LogP contribution in [0.25, 0.3) is 0 Å². The monoisotopic (exact) mass is 1180 g/mol. The molecule has 0 spiro atoms. The van der Waals surface area contributed by atoms with Crippen molar-refractivity contribution in [2.45, 2.75) is 125 Å². The molecule has 83 heavy (non-hydrogen) atoms. The molecule has 10 N–H and O–H groups in total. The van der Waals surface area contributed by atoms with Gasteiger partial charge in [0.15, 0.2) is 12.1 Å². The molecule has 6 unspecified atom stereocenters. The molecule has 3 aromatic carbocycles. The molecule has 3 heterocycles. The van der Waals surface area contributed by atoms with E-state index in [0.717, 1.165) is 50.3 Å². The largest absolute Gasteiger partial charge is 0.507 e. The molecule has 3 aliphatic heterocycles. The van der Waals surface area contributed by atoms with E-state index in [0.29, 0.717) is 17.9 Å². The summed E-state index contributed by atoms with van der Waals surface area (Å²) in [7, 11) is 2.95. The number of benzene rings is 3. The first-order valence-corrected chi connectivity index (χ1v) is 28.5. The van der Waals surface area contributed by atoms with E-state index < -0.39 is 119 Å². The molecule has 26 heteroatoms. The number of anilines is 1. The summed E-state index contributed by atoms with van der Waals surface area (Å²) in [5.41, 5.74) is -3.31. The van der Waals surface area contributed by atoms with Crippen molar-refractivity contribution in [1.29, 1.82) is 0 Å². The van der Waals surface area contributed by atoms with Gasteiger partial charge in [-0.2, -0.15) is 0 Å². The molecular weight excluding hydrogens is 1100 g/mol. The van der Waals surface area contributed by atoms with Gasteiger partial charge in [-0.25, -0.2) is 0 Å². The number of phenols is 2. The van der Waals surface area contributed by atoms with Crippen LogP contribution in [-0.4, -0.2) is 196 Å². The van der Waals surface area contributed by atoms with Gasteiger partial charge in [-0.15, -0.1) is 11.8 Å². The molecular formula is C57H73N7O18S. The van der Waals surface area contributed by atoms with Crippen LogP contribution in [0.15, 0.2) is 42.5 Å². The number of hydrogen-bond donors (Lipinski definition) is 10. The van der Waals surface area contributed by atoms with Gasteiger partial charge in [-0.3, -0.25) is 53.0 Å². The first-order chi connectivity index (χ1) is 39.6. The Morgan fingerprint density at radius 1 is 0.843 bits per heavy atom. The van der Waals surface area contributed by atoms with Gasteiger partial charge in [0.1, 0.15) is 22.8 Å². The molecule has 2 aliphatic carbocycles. The van der Waals surface area contributed by atoms with Gasteiger partial charge in [-0.1, -0.05) is 51.0 Å². The van der Waals surface area contributed by atoms with Gasteiger partial charge in [0, 0.05) is 99.2 Å². The predicted molar refractivity (Wildman–Crippen MR) is 298 cm³/mol. The number of amides is 7. The summed E-state index contributed by atoms with van der Waals surface area (Å²) in [6, 6.07) is 10.6. The molecule has 0 saturated carbocycles. The molecule has 0 aromatic heterocycles. The van der Waals surface area contributed by atoms with Crippen molar-refractivity contribution >= 4 is 70.4 Å². The van der Waals surface area contributed by atoms with Crippen molar-refractivity contribution in [3.05, 3.63) is 81.4 Å². The molecule has 450 valence electrons. The zero-order valence-corrected chi connectivity index (χ0v) is 47.8. The zero-order valence-electron chi connectivity index (χ0n) is 46.9. The Kier molecular flexibility index (Phi) is 21.8. The van der Waals surface area contributed by atoms with E-state index >= 15 is 0 Å². The molecule has 8 rings (SSSR count). The number of imide groups is 1. The number of aromatic hydroxyl groups is 2. The third-order valence-corrected chi connectivity index (χ3v) is 16.5. The number of rotatable bonds is 21.